The summed E-state index contributed by atoms with van der Waals surface area (Å²) < 4.78 is 1.84. The average Bonchev–Trinajstić information content (AvgIpc) is 2.94. The highest BCUT2D eigenvalue weighted by Gasteiger charge is 2.10. The van der Waals surface area contributed by atoms with Crippen LogP contribution in [0.4, 0.5) is 0 Å². The first kappa shape index (κ1) is 13.8. The second-order valence-corrected chi connectivity index (χ2v) is 5.03. The summed E-state index contributed by atoms with van der Waals surface area (Å²) in [4.78, 5) is 0. The SMILES string of the molecule is CC(C)C(CO)NCc1ccc(-n2cccn2)cc1. The first-order valence-corrected chi connectivity index (χ1v) is 6.64. The number of aliphatic hydroxyl groups is 1. The lowest BCUT2D eigenvalue weighted by atomic mass is 10.1. The van der Waals surface area contributed by atoms with Crippen LogP contribution in [-0.4, -0.2) is 27.5 Å². The van der Waals surface area contributed by atoms with Crippen LogP contribution in [0, 0.1) is 5.92 Å². The predicted octanol–water partition coefficient (Wildman–Crippen LogP) is 1.98. The van der Waals surface area contributed by atoms with E-state index < -0.39 is 0 Å². The van der Waals surface area contributed by atoms with E-state index in [0.717, 1.165) is 12.2 Å². The molecule has 1 atom stereocenters. The van der Waals surface area contributed by atoms with Crippen molar-refractivity contribution >= 4 is 0 Å². The second kappa shape index (κ2) is 6.50. The molecule has 0 amide bonds. The molecule has 2 N–H and O–H groups in total. The van der Waals surface area contributed by atoms with Crippen LogP contribution in [-0.2, 0) is 6.54 Å². The molecule has 0 aliphatic rings. The summed E-state index contributed by atoms with van der Waals surface area (Å²) in [5.41, 5.74) is 2.26. The van der Waals surface area contributed by atoms with Gasteiger partial charge in [-0.1, -0.05) is 26.0 Å². The fraction of sp³-hybridized carbons (Fsp3) is 0.400. The second-order valence-electron chi connectivity index (χ2n) is 5.03. The van der Waals surface area contributed by atoms with Gasteiger partial charge < -0.3 is 10.4 Å². The highest BCUT2D eigenvalue weighted by Crippen LogP contribution is 2.09. The molecule has 1 unspecified atom stereocenters. The smallest absolute Gasteiger partial charge is 0.0645 e. The van der Waals surface area contributed by atoms with E-state index in [1.54, 1.807) is 6.20 Å². The maximum absolute atomic E-state index is 9.27. The fourth-order valence-electron chi connectivity index (χ4n) is 1.95. The highest BCUT2D eigenvalue weighted by atomic mass is 16.3. The summed E-state index contributed by atoms with van der Waals surface area (Å²) in [5, 5.41) is 16.8. The number of hydrogen-bond acceptors (Lipinski definition) is 3. The van der Waals surface area contributed by atoms with E-state index in [1.807, 2.05) is 29.1 Å². The lowest BCUT2D eigenvalue weighted by molar-refractivity contribution is 0.210. The van der Waals surface area contributed by atoms with E-state index in [4.69, 9.17) is 0 Å². The lowest BCUT2D eigenvalue weighted by Crippen LogP contribution is -2.36. The van der Waals surface area contributed by atoms with Gasteiger partial charge in [0.1, 0.15) is 0 Å². The zero-order valence-electron chi connectivity index (χ0n) is 11.5. The molecule has 102 valence electrons. The van der Waals surface area contributed by atoms with Gasteiger partial charge in [-0.05, 0) is 29.7 Å². The van der Waals surface area contributed by atoms with E-state index in [2.05, 4.69) is 36.4 Å². The van der Waals surface area contributed by atoms with Crippen LogP contribution in [0.1, 0.15) is 19.4 Å². The van der Waals surface area contributed by atoms with Gasteiger partial charge in [0.2, 0.25) is 0 Å². The normalized spacial score (nSPS) is 12.8. The molecule has 0 aliphatic carbocycles. The molecule has 0 radical (unpaired) electrons. The van der Waals surface area contributed by atoms with Crippen molar-refractivity contribution in [2.45, 2.75) is 26.4 Å². The molecular formula is C15H21N3O. The molecule has 1 aromatic carbocycles. The summed E-state index contributed by atoms with van der Waals surface area (Å²) >= 11 is 0. The minimum Gasteiger partial charge on any atom is -0.395 e. The molecule has 0 saturated carbocycles. The molecule has 0 bridgehead atoms. The summed E-state index contributed by atoms with van der Waals surface area (Å²) in [7, 11) is 0. The Balaban J connectivity index is 1.96. The standard InChI is InChI=1S/C15H21N3O/c1-12(2)15(11-19)16-10-13-4-6-14(7-5-13)18-9-3-8-17-18/h3-9,12,15-16,19H,10-11H2,1-2H3. The number of nitrogens with one attached hydrogen (secondary N) is 1. The number of aliphatic hydroxyl groups excluding tert-OH is 1. The van der Waals surface area contributed by atoms with Crippen molar-refractivity contribution in [1.82, 2.24) is 15.1 Å². The molecule has 0 aliphatic heterocycles. The van der Waals surface area contributed by atoms with Gasteiger partial charge in [0.05, 0.1) is 12.3 Å². The number of aromatic nitrogens is 2. The van der Waals surface area contributed by atoms with Crippen LogP contribution in [0.15, 0.2) is 42.7 Å². The van der Waals surface area contributed by atoms with Crippen LogP contribution in [0.3, 0.4) is 0 Å². The molecule has 1 aromatic heterocycles. The number of hydrogen-bond donors (Lipinski definition) is 2. The maximum atomic E-state index is 9.27. The van der Waals surface area contributed by atoms with Crippen molar-refractivity contribution in [3.63, 3.8) is 0 Å². The van der Waals surface area contributed by atoms with Crippen LogP contribution in [0.2, 0.25) is 0 Å². The Morgan fingerprint density at radius 3 is 2.53 bits per heavy atom. The molecular weight excluding hydrogens is 238 g/mol. The number of benzene rings is 1. The summed E-state index contributed by atoms with van der Waals surface area (Å²) in [6, 6.07) is 10.3. The van der Waals surface area contributed by atoms with Gasteiger partial charge in [0.15, 0.2) is 0 Å². The maximum Gasteiger partial charge on any atom is 0.0645 e. The first-order chi connectivity index (χ1) is 9.20. The summed E-state index contributed by atoms with van der Waals surface area (Å²) in [6.45, 7) is 5.15. The lowest BCUT2D eigenvalue weighted by Gasteiger charge is -2.20. The monoisotopic (exact) mass is 259 g/mol. The largest absolute Gasteiger partial charge is 0.395 e. The summed E-state index contributed by atoms with van der Waals surface area (Å²) in [5.74, 6) is 0.424. The van der Waals surface area contributed by atoms with Crippen molar-refractivity contribution in [3.05, 3.63) is 48.3 Å². The third kappa shape index (κ3) is 3.66. The zero-order valence-corrected chi connectivity index (χ0v) is 11.5. The molecule has 4 heteroatoms. The Morgan fingerprint density at radius 2 is 2.00 bits per heavy atom. The van der Waals surface area contributed by atoms with Crippen molar-refractivity contribution in [1.29, 1.82) is 0 Å². The minimum atomic E-state index is 0.144. The Kier molecular flexibility index (Phi) is 4.71. The quantitative estimate of drug-likeness (QED) is 0.834. The van der Waals surface area contributed by atoms with Gasteiger partial charge in [-0.2, -0.15) is 5.10 Å². The predicted molar refractivity (Wildman–Crippen MR) is 76.1 cm³/mol. The Morgan fingerprint density at radius 1 is 1.26 bits per heavy atom. The minimum absolute atomic E-state index is 0.144. The Labute approximate surface area is 114 Å². The summed E-state index contributed by atoms with van der Waals surface area (Å²) in [6.07, 6.45) is 3.69. The van der Waals surface area contributed by atoms with Crippen LogP contribution in [0.25, 0.3) is 5.69 Å². The molecule has 19 heavy (non-hydrogen) atoms. The number of rotatable bonds is 6. The zero-order chi connectivity index (χ0) is 13.7. The highest BCUT2D eigenvalue weighted by molar-refractivity contribution is 5.33. The van der Waals surface area contributed by atoms with E-state index in [9.17, 15) is 5.11 Å². The van der Waals surface area contributed by atoms with Gasteiger partial charge in [0, 0.05) is 25.0 Å². The Bertz CT molecular complexity index is 477. The van der Waals surface area contributed by atoms with Crippen molar-refractivity contribution in [2.75, 3.05) is 6.61 Å². The number of nitrogens with zero attached hydrogens (tertiary/aromatic N) is 2. The van der Waals surface area contributed by atoms with Crippen molar-refractivity contribution < 1.29 is 5.11 Å². The van der Waals surface area contributed by atoms with Gasteiger partial charge in [-0.3, -0.25) is 0 Å². The van der Waals surface area contributed by atoms with Gasteiger partial charge in [-0.25, -0.2) is 4.68 Å². The first-order valence-electron chi connectivity index (χ1n) is 6.64. The molecule has 4 nitrogen and oxygen atoms in total. The van der Waals surface area contributed by atoms with Crippen LogP contribution < -0.4 is 5.32 Å². The molecule has 1 heterocycles. The van der Waals surface area contributed by atoms with Crippen LogP contribution in [0.5, 0.6) is 0 Å². The molecule has 0 fully saturated rings. The third-order valence-corrected chi connectivity index (χ3v) is 3.28. The topological polar surface area (TPSA) is 50.1 Å². The van der Waals surface area contributed by atoms with Crippen molar-refractivity contribution in [2.24, 2.45) is 5.92 Å². The molecule has 2 rings (SSSR count). The van der Waals surface area contributed by atoms with E-state index in [0.29, 0.717) is 5.92 Å². The van der Waals surface area contributed by atoms with Gasteiger partial charge in [-0.15, -0.1) is 0 Å². The Hall–Kier alpha value is -1.65. The fourth-order valence-corrected chi connectivity index (χ4v) is 1.95. The average molecular weight is 259 g/mol. The van der Waals surface area contributed by atoms with E-state index >= 15 is 0 Å². The molecule has 2 aromatic rings. The van der Waals surface area contributed by atoms with E-state index in [1.165, 1.54) is 5.56 Å². The third-order valence-electron chi connectivity index (χ3n) is 3.28. The van der Waals surface area contributed by atoms with Crippen molar-refractivity contribution in [3.8, 4) is 5.69 Å². The molecule has 0 spiro atoms. The van der Waals surface area contributed by atoms with E-state index in [-0.39, 0.29) is 12.6 Å². The molecule has 0 saturated heterocycles. The van der Waals surface area contributed by atoms with Gasteiger partial charge >= 0.3 is 0 Å². The van der Waals surface area contributed by atoms with Gasteiger partial charge in [0.25, 0.3) is 0 Å². The van der Waals surface area contributed by atoms with Crippen LogP contribution >= 0.6 is 0 Å².